The van der Waals surface area contributed by atoms with E-state index in [1.807, 2.05) is 46.4 Å². The van der Waals surface area contributed by atoms with E-state index in [1.165, 1.54) is 39.8 Å². The monoisotopic (exact) mass is 658 g/mol. The van der Waals surface area contributed by atoms with Crippen LogP contribution in [0.1, 0.15) is 58.7 Å². The molecule has 0 bridgehead atoms. The van der Waals surface area contributed by atoms with Crippen molar-refractivity contribution in [2.45, 2.75) is 59.5 Å². The van der Waals surface area contributed by atoms with E-state index in [1.54, 1.807) is 18.3 Å². The maximum atomic E-state index is 16.4. The molecular formula is C36H40F2N6O4. The van der Waals surface area contributed by atoms with Gasteiger partial charge in [-0.05, 0) is 42.5 Å². The Bertz CT molecular complexity index is 1970. The number of rotatable bonds is 8. The van der Waals surface area contributed by atoms with Gasteiger partial charge in [-0.15, -0.1) is 0 Å². The van der Waals surface area contributed by atoms with Crippen molar-refractivity contribution in [1.29, 1.82) is 0 Å². The van der Waals surface area contributed by atoms with E-state index < -0.39 is 40.9 Å². The SMILES string of the molecule is C=CCOc1cccc(F)c1-c1nc2c(cc1F)c(N1CCN(C(=O)O)C(C(C)(C)C)[C@@H]1C)nc(=O)n2-c1c(C=C)ccnc1C(C)C. The van der Waals surface area contributed by atoms with Gasteiger partial charge < -0.3 is 19.6 Å². The third-order valence-electron chi connectivity index (χ3n) is 8.62. The zero-order chi connectivity index (χ0) is 35.1. The summed E-state index contributed by atoms with van der Waals surface area (Å²) in [5, 5.41) is 10.2. The fraction of sp³-hybridized carbons (Fsp3) is 0.361. The van der Waals surface area contributed by atoms with Gasteiger partial charge in [0.1, 0.15) is 29.7 Å². The van der Waals surface area contributed by atoms with E-state index in [9.17, 15) is 14.7 Å². The minimum atomic E-state index is -1.05. The summed E-state index contributed by atoms with van der Waals surface area (Å²) in [7, 11) is 0. The molecule has 1 unspecified atom stereocenters. The maximum Gasteiger partial charge on any atom is 0.407 e. The first-order valence-electron chi connectivity index (χ1n) is 15.7. The van der Waals surface area contributed by atoms with Crippen LogP contribution in [0.3, 0.4) is 0 Å². The summed E-state index contributed by atoms with van der Waals surface area (Å²) in [6, 6.07) is 6.05. The largest absolute Gasteiger partial charge is 0.489 e. The molecule has 4 heterocycles. The number of benzene rings is 1. The van der Waals surface area contributed by atoms with Gasteiger partial charge in [-0.1, -0.05) is 66.0 Å². The van der Waals surface area contributed by atoms with Gasteiger partial charge in [0.15, 0.2) is 11.5 Å². The molecule has 0 saturated carbocycles. The molecule has 10 nitrogen and oxygen atoms in total. The Morgan fingerprint density at radius 1 is 1.15 bits per heavy atom. The predicted molar refractivity (Wildman–Crippen MR) is 183 cm³/mol. The Balaban J connectivity index is 1.89. The van der Waals surface area contributed by atoms with E-state index in [0.29, 0.717) is 16.9 Å². The Kier molecular flexibility index (Phi) is 9.39. The normalized spacial score (nSPS) is 16.8. The van der Waals surface area contributed by atoms with Crippen molar-refractivity contribution < 1.29 is 23.4 Å². The van der Waals surface area contributed by atoms with Crippen LogP contribution in [0.15, 0.2) is 60.6 Å². The van der Waals surface area contributed by atoms with Crippen LogP contribution < -0.4 is 15.3 Å². The number of pyridine rings is 2. The van der Waals surface area contributed by atoms with Gasteiger partial charge in [0.2, 0.25) is 0 Å². The number of nitrogens with zero attached hydrogens (tertiary/aromatic N) is 6. The number of halogens is 2. The van der Waals surface area contributed by atoms with Crippen LogP contribution in [0.5, 0.6) is 5.75 Å². The quantitative estimate of drug-likeness (QED) is 0.200. The first-order valence-corrected chi connectivity index (χ1v) is 15.7. The van der Waals surface area contributed by atoms with Crippen molar-refractivity contribution in [3.05, 3.63) is 89.1 Å². The first-order chi connectivity index (χ1) is 22.7. The molecule has 0 radical (unpaired) electrons. The van der Waals surface area contributed by atoms with Gasteiger partial charge in [0.25, 0.3) is 0 Å². The second kappa shape index (κ2) is 13.2. The second-order valence-electron chi connectivity index (χ2n) is 13.2. The lowest BCUT2D eigenvalue weighted by Gasteiger charge is -2.51. The highest BCUT2D eigenvalue weighted by Crippen LogP contribution is 2.39. The van der Waals surface area contributed by atoms with Crippen molar-refractivity contribution in [1.82, 2.24) is 24.4 Å². The molecule has 1 aliphatic heterocycles. The summed E-state index contributed by atoms with van der Waals surface area (Å²) < 4.78 is 38.9. The number of carboxylic acid groups (broad SMARTS) is 1. The summed E-state index contributed by atoms with van der Waals surface area (Å²) in [5.41, 5.74) is -0.301. The Labute approximate surface area is 278 Å². The third kappa shape index (κ3) is 6.02. The van der Waals surface area contributed by atoms with Crippen molar-refractivity contribution in [2.75, 3.05) is 24.6 Å². The standard InChI is InChI=1S/C36H40F2N6O4/c1-9-18-48-26-13-11-12-24(37)27(26)29-25(38)19-23-32(42-16-17-43(35(46)47)31(21(42)5)36(6,7)8)41-34(45)44(33(23)40-29)30-22(10-2)14-15-39-28(30)20(3)4/h9-15,19-21,31H,1-2,16-18H2,3-8H3,(H,46,47)/t21-,31?/m0/s1. The fourth-order valence-corrected chi connectivity index (χ4v) is 6.71. The Morgan fingerprint density at radius 3 is 2.50 bits per heavy atom. The van der Waals surface area contributed by atoms with Crippen LogP contribution in [0.2, 0.25) is 0 Å². The van der Waals surface area contributed by atoms with Gasteiger partial charge in [-0.2, -0.15) is 4.98 Å². The molecule has 1 fully saturated rings. The average Bonchev–Trinajstić information content (AvgIpc) is 3.02. The maximum absolute atomic E-state index is 16.4. The van der Waals surface area contributed by atoms with E-state index in [4.69, 9.17) is 4.74 Å². The molecule has 2 atom stereocenters. The number of piperazine rings is 1. The van der Waals surface area contributed by atoms with Crippen LogP contribution in [0.25, 0.3) is 34.1 Å². The molecule has 12 heteroatoms. The second-order valence-corrected chi connectivity index (χ2v) is 13.2. The molecule has 0 aliphatic carbocycles. The average molecular weight is 659 g/mol. The van der Waals surface area contributed by atoms with Gasteiger partial charge >= 0.3 is 11.8 Å². The third-order valence-corrected chi connectivity index (χ3v) is 8.62. The molecule has 252 valence electrons. The lowest BCUT2D eigenvalue weighted by atomic mass is 9.80. The number of anilines is 1. The van der Waals surface area contributed by atoms with Gasteiger partial charge in [0.05, 0.1) is 28.4 Å². The molecule has 1 N–H and O–H groups in total. The van der Waals surface area contributed by atoms with E-state index in [2.05, 4.69) is 28.1 Å². The minimum Gasteiger partial charge on any atom is -0.489 e. The molecule has 1 saturated heterocycles. The van der Waals surface area contributed by atoms with Crippen LogP contribution in [0.4, 0.5) is 19.4 Å². The number of amides is 1. The summed E-state index contributed by atoms with van der Waals surface area (Å²) in [5.74, 6) is -1.60. The smallest absolute Gasteiger partial charge is 0.407 e. The van der Waals surface area contributed by atoms with Crippen LogP contribution >= 0.6 is 0 Å². The summed E-state index contributed by atoms with van der Waals surface area (Å²) in [4.78, 5) is 43.6. The van der Waals surface area contributed by atoms with E-state index in [-0.39, 0.29) is 59.5 Å². The van der Waals surface area contributed by atoms with Gasteiger partial charge in [0, 0.05) is 30.9 Å². The molecular weight excluding hydrogens is 618 g/mol. The molecule has 1 amide bonds. The number of hydrogen-bond acceptors (Lipinski definition) is 7. The topological polar surface area (TPSA) is 114 Å². The number of ether oxygens (including phenoxy) is 1. The fourth-order valence-electron chi connectivity index (χ4n) is 6.71. The number of aromatic nitrogens is 4. The molecule has 3 aromatic heterocycles. The van der Waals surface area contributed by atoms with Crippen LogP contribution in [-0.2, 0) is 0 Å². The molecule has 4 aromatic rings. The number of hydrogen-bond donors (Lipinski definition) is 1. The zero-order valence-corrected chi connectivity index (χ0v) is 28.0. The first kappa shape index (κ1) is 34.2. The Hall–Kier alpha value is -5.13. The molecule has 48 heavy (non-hydrogen) atoms. The molecule has 1 aromatic carbocycles. The van der Waals surface area contributed by atoms with E-state index >= 15 is 8.78 Å². The highest BCUT2D eigenvalue weighted by atomic mass is 19.1. The number of fused-ring (bicyclic) bond motifs is 1. The zero-order valence-electron chi connectivity index (χ0n) is 28.0. The minimum absolute atomic E-state index is 0.0116. The Morgan fingerprint density at radius 2 is 1.88 bits per heavy atom. The van der Waals surface area contributed by atoms with Gasteiger partial charge in [-0.3, -0.25) is 4.98 Å². The lowest BCUT2D eigenvalue weighted by Crippen LogP contribution is -2.64. The lowest BCUT2D eigenvalue weighted by molar-refractivity contribution is 0.0562. The summed E-state index contributed by atoms with van der Waals surface area (Å²) in [6.45, 7) is 19.5. The van der Waals surface area contributed by atoms with Crippen molar-refractivity contribution >= 4 is 29.0 Å². The highest BCUT2D eigenvalue weighted by Gasteiger charge is 2.44. The van der Waals surface area contributed by atoms with Gasteiger partial charge in [-0.25, -0.2) is 27.9 Å². The predicted octanol–water partition coefficient (Wildman–Crippen LogP) is 7.06. The van der Waals surface area contributed by atoms with Crippen molar-refractivity contribution in [3.8, 4) is 22.7 Å². The highest BCUT2D eigenvalue weighted by molar-refractivity contribution is 5.91. The van der Waals surface area contributed by atoms with E-state index in [0.717, 1.165) is 0 Å². The van der Waals surface area contributed by atoms with Crippen molar-refractivity contribution in [3.63, 3.8) is 0 Å². The van der Waals surface area contributed by atoms with Crippen molar-refractivity contribution in [2.24, 2.45) is 5.41 Å². The molecule has 5 rings (SSSR count). The van der Waals surface area contributed by atoms with Crippen LogP contribution in [-0.4, -0.2) is 67.4 Å². The summed E-state index contributed by atoms with van der Waals surface area (Å²) >= 11 is 0. The number of carbonyl (C=O) groups is 1. The summed E-state index contributed by atoms with van der Waals surface area (Å²) in [6.07, 6.45) is 3.62. The molecule has 0 spiro atoms. The van der Waals surface area contributed by atoms with Crippen LogP contribution in [0, 0.1) is 17.0 Å². The molecule has 1 aliphatic rings.